The van der Waals surface area contributed by atoms with Crippen molar-refractivity contribution in [3.63, 3.8) is 0 Å². The van der Waals surface area contributed by atoms with Crippen molar-refractivity contribution in [2.24, 2.45) is 5.92 Å². The van der Waals surface area contributed by atoms with E-state index >= 15 is 0 Å². The summed E-state index contributed by atoms with van der Waals surface area (Å²) >= 11 is 0. The maximum absolute atomic E-state index is 11.2. The average Bonchev–Trinajstić information content (AvgIpc) is 2.08. The third-order valence-electron chi connectivity index (χ3n) is 2.79. The minimum atomic E-state index is 0.0289. The molecule has 0 aromatic heterocycles. The Balaban J connectivity index is 2.45. The van der Waals surface area contributed by atoms with Crippen LogP contribution in [0, 0.1) is 5.92 Å². The molecule has 1 rings (SSSR count). The summed E-state index contributed by atoms with van der Waals surface area (Å²) in [5.74, 6) is 0.805. The molecule has 1 aliphatic heterocycles. The Labute approximate surface area is 73.9 Å². The van der Waals surface area contributed by atoms with Crippen molar-refractivity contribution in [1.29, 1.82) is 0 Å². The summed E-state index contributed by atoms with van der Waals surface area (Å²) < 4.78 is 0. The highest BCUT2D eigenvalue weighted by Crippen LogP contribution is 2.18. The molecule has 1 amide bonds. The number of piperidine rings is 1. The molecule has 3 atom stereocenters. The molecule has 70 valence electrons. The Bertz CT molecular complexity index is 170. The van der Waals surface area contributed by atoms with E-state index in [1.54, 1.807) is 7.05 Å². The van der Waals surface area contributed by atoms with Gasteiger partial charge in [0.05, 0.1) is 6.04 Å². The van der Waals surface area contributed by atoms with Crippen molar-refractivity contribution in [3.8, 4) is 0 Å². The highest BCUT2D eigenvalue weighted by atomic mass is 16.2. The van der Waals surface area contributed by atoms with Crippen molar-refractivity contribution < 1.29 is 4.79 Å². The number of carbonyl (C=O) groups excluding carboxylic acids is 1. The molecule has 0 bridgehead atoms. The van der Waals surface area contributed by atoms with E-state index in [1.165, 1.54) is 0 Å². The fraction of sp³-hybridized carbons (Fsp3) is 0.889. The smallest absolute Gasteiger partial charge is 0.236 e. The first-order valence-electron chi connectivity index (χ1n) is 4.62. The zero-order valence-electron chi connectivity index (χ0n) is 8.05. The Morgan fingerprint density at radius 3 is 2.58 bits per heavy atom. The molecule has 0 saturated carbocycles. The van der Waals surface area contributed by atoms with Crippen LogP contribution in [-0.4, -0.2) is 25.0 Å². The minimum absolute atomic E-state index is 0.0289. The van der Waals surface area contributed by atoms with Gasteiger partial charge in [-0.3, -0.25) is 4.79 Å². The minimum Gasteiger partial charge on any atom is -0.358 e. The first kappa shape index (κ1) is 9.52. The van der Waals surface area contributed by atoms with Gasteiger partial charge in [0.15, 0.2) is 0 Å². The summed E-state index contributed by atoms with van der Waals surface area (Å²) in [5.41, 5.74) is 0. The van der Waals surface area contributed by atoms with Gasteiger partial charge >= 0.3 is 0 Å². The van der Waals surface area contributed by atoms with Gasteiger partial charge in [-0.15, -0.1) is 0 Å². The van der Waals surface area contributed by atoms with Crippen LogP contribution in [0.15, 0.2) is 0 Å². The molecule has 0 aromatic carbocycles. The average molecular weight is 170 g/mol. The second-order valence-corrected chi connectivity index (χ2v) is 3.68. The number of nitrogens with one attached hydrogen (secondary N) is 2. The number of amides is 1. The lowest BCUT2D eigenvalue weighted by Gasteiger charge is -2.32. The van der Waals surface area contributed by atoms with Crippen molar-refractivity contribution >= 4 is 5.91 Å². The SMILES string of the molecule is CNC(=O)C1CCC(C)C(C)N1. The molecular weight excluding hydrogens is 152 g/mol. The monoisotopic (exact) mass is 170 g/mol. The van der Waals surface area contributed by atoms with Gasteiger partial charge in [0.2, 0.25) is 5.91 Å². The number of rotatable bonds is 1. The van der Waals surface area contributed by atoms with Crippen molar-refractivity contribution in [2.75, 3.05) is 7.05 Å². The zero-order valence-corrected chi connectivity index (χ0v) is 8.05. The van der Waals surface area contributed by atoms with Crippen LogP contribution < -0.4 is 10.6 Å². The summed E-state index contributed by atoms with van der Waals surface area (Å²) in [6, 6.07) is 0.488. The molecule has 1 heterocycles. The van der Waals surface area contributed by atoms with Gasteiger partial charge in [0, 0.05) is 13.1 Å². The second-order valence-electron chi connectivity index (χ2n) is 3.68. The predicted molar refractivity (Wildman–Crippen MR) is 48.9 cm³/mol. The molecule has 3 nitrogen and oxygen atoms in total. The van der Waals surface area contributed by atoms with Gasteiger partial charge in [0.25, 0.3) is 0 Å². The van der Waals surface area contributed by atoms with Crippen LogP contribution in [0.25, 0.3) is 0 Å². The van der Waals surface area contributed by atoms with Crippen LogP contribution in [0.5, 0.6) is 0 Å². The maximum Gasteiger partial charge on any atom is 0.236 e. The highest BCUT2D eigenvalue weighted by molar-refractivity contribution is 5.81. The van der Waals surface area contributed by atoms with Crippen LogP contribution in [0.2, 0.25) is 0 Å². The van der Waals surface area contributed by atoms with E-state index in [4.69, 9.17) is 0 Å². The number of likely N-dealkylation sites (N-methyl/N-ethyl adjacent to an activating group) is 1. The number of hydrogen-bond donors (Lipinski definition) is 2. The largest absolute Gasteiger partial charge is 0.358 e. The normalized spacial score (nSPS) is 36.1. The van der Waals surface area contributed by atoms with E-state index in [0.29, 0.717) is 12.0 Å². The molecule has 0 aliphatic carbocycles. The molecule has 1 saturated heterocycles. The maximum atomic E-state index is 11.2. The van der Waals surface area contributed by atoms with Gasteiger partial charge < -0.3 is 10.6 Å². The molecule has 0 spiro atoms. The van der Waals surface area contributed by atoms with Crippen LogP contribution in [0.1, 0.15) is 26.7 Å². The predicted octanol–water partition coefficient (Wildman–Crippen LogP) is 0.509. The molecule has 0 radical (unpaired) electrons. The summed E-state index contributed by atoms with van der Waals surface area (Å²) in [5, 5.41) is 5.97. The van der Waals surface area contributed by atoms with Crippen LogP contribution in [0.4, 0.5) is 0 Å². The lowest BCUT2D eigenvalue weighted by Crippen LogP contribution is -2.51. The topological polar surface area (TPSA) is 41.1 Å². The fourth-order valence-electron chi connectivity index (χ4n) is 1.63. The van der Waals surface area contributed by atoms with E-state index in [9.17, 15) is 4.79 Å². The highest BCUT2D eigenvalue weighted by Gasteiger charge is 2.27. The van der Waals surface area contributed by atoms with Gasteiger partial charge in [-0.25, -0.2) is 0 Å². The van der Waals surface area contributed by atoms with E-state index < -0.39 is 0 Å². The Morgan fingerprint density at radius 1 is 1.42 bits per heavy atom. The van der Waals surface area contributed by atoms with E-state index in [0.717, 1.165) is 12.8 Å². The quantitative estimate of drug-likeness (QED) is 0.602. The molecular formula is C9H18N2O. The van der Waals surface area contributed by atoms with Crippen molar-refractivity contribution in [2.45, 2.75) is 38.8 Å². The molecule has 12 heavy (non-hydrogen) atoms. The summed E-state index contributed by atoms with van der Waals surface area (Å²) in [7, 11) is 1.69. The Morgan fingerprint density at radius 2 is 2.08 bits per heavy atom. The molecule has 1 aliphatic rings. The van der Waals surface area contributed by atoms with Crippen LogP contribution in [-0.2, 0) is 4.79 Å². The van der Waals surface area contributed by atoms with Crippen molar-refractivity contribution in [3.05, 3.63) is 0 Å². The summed E-state index contributed by atoms with van der Waals surface area (Å²) in [6.45, 7) is 4.36. The van der Waals surface area contributed by atoms with E-state index in [1.807, 2.05) is 0 Å². The molecule has 2 N–H and O–H groups in total. The zero-order chi connectivity index (χ0) is 9.14. The molecule has 3 heteroatoms. The lowest BCUT2D eigenvalue weighted by atomic mass is 9.90. The summed E-state index contributed by atoms with van der Waals surface area (Å²) in [6.07, 6.45) is 2.11. The number of carbonyl (C=O) groups is 1. The first-order chi connectivity index (χ1) is 5.65. The Hall–Kier alpha value is -0.570. The van der Waals surface area contributed by atoms with Gasteiger partial charge in [-0.2, -0.15) is 0 Å². The lowest BCUT2D eigenvalue weighted by molar-refractivity contribution is -0.123. The van der Waals surface area contributed by atoms with Gasteiger partial charge in [-0.05, 0) is 25.7 Å². The molecule has 0 aromatic rings. The van der Waals surface area contributed by atoms with Gasteiger partial charge in [-0.1, -0.05) is 6.92 Å². The van der Waals surface area contributed by atoms with Crippen LogP contribution in [0.3, 0.4) is 0 Å². The standard InChI is InChI=1S/C9H18N2O/c1-6-4-5-8(9(12)10-3)11-7(6)2/h6-8,11H,4-5H2,1-3H3,(H,10,12). The van der Waals surface area contributed by atoms with E-state index in [2.05, 4.69) is 24.5 Å². The molecule has 1 fully saturated rings. The van der Waals surface area contributed by atoms with Gasteiger partial charge in [0.1, 0.15) is 0 Å². The van der Waals surface area contributed by atoms with Crippen LogP contribution >= 0.6 is 0 Å². The first-order valence-corrected chi connectivity index (χ1v) is 4.62. The number of hydrogen-bond acceptors (Lipinski definition) is 2. The molecule has 3 unspecified atom stereocenters. The van der Waals surface area contributed by atoms with E-state index in [-0.39, 0.29) is 11.9 Å². The fourth-order valence-corrected chi connectivity index (χ4v) is 1.63. The Kier molecular flexibility index (Phi) is 3.09. The second kappa shape index (κ2) is 3.90. The summed E-state index contributed by atoms with van der Waals surface area (Å²) in [4.78, 5) is 11.2. The third-order valence-corrected chi connectivity index (χ3v) is 2.79. The van der Waals surface area contributed by atoms with Crippen molar-refractivity contribution in [1.82, 2.24) is 10.6 Å². The third kappa shape index (κ3) is 1.97.